The summed E-state index contributed by atoms with van der Waals surface area (Å²) >= 11 is 0. The van der Waals surface area contributed by atoms with Crippen LogP contribution < -0.4 is 4.74 Å². The van der Waals surface area contributed by atoms with Crippen molar-refractivity contribution in [1.82, 2.24) is 0 Å². The highest BCUT2D eigenvalue weighted by atomic mass is 16.7. The number of benzene rings is 1. The van der Waals surface area contributed by atoms with Crippen LogP contribution in [0.1, 0.15) is 32.6 Å². The number of ether oxygens (including phenoxy) is 3. The lowest BCUT2D eigenvalue weighted by atomic mass is 9.88. The fourth-order valence-electron chi connectivity index (χ4n) is 2.79. The third kappa shape index (κ3) is 3.88. The van der Waals surface area contributed by atoms with E-state index < -0.39 is 12.4 Å². The molecule has 1 heterocycles. The predicted molar refractivity (Wildman–Crippen MR) is 85.7 cm³/mol. The summed E-state index contributed by atoms with van der Waals surface area (Å²) in [7, 11) is 1.64. The standard InChI is InChI=1S/C18H26O4/c1-5-6-16(19)13(3)17-12(2)11-21-18(22-17)14-7-9-15(20-4)10-8-14/h5-10,12-13,16-19H,11H2,1-4H3/b6-5+/t12-,13-,16+,17-,18?/m0/s1. The molecule has 1 saturated heterocycles. The first-order valence-corrected chi connectivity index (χ1v) is 7.78. The van der Waals surface area contributed by atoms with Gasteiger partial charge in [-0.05, 0) is 19.1 Å². The van der Waals surface area contributed by atoms with Crippen molar-refractivity contribution < 1.29 is 19.3 Å². The van der Waals surface area contributed by atoms with E-state index in [9.17, 15) is 5.11 Å². The number of hydrogen-bond acceptors (Lipinski definition) is 4. The van der Waals surface area contributed by atoms with Crippen molar-refractivity contribution in [3.63, 3.8) is 0 Å². The third-order valence-corrected chi connectivity index (χ3v) is 4.19. The van der Waals surface area contributed by atoms with Gasteiger partial charge in [-0.25, -0.2) is 0 Å². The van der Waals surface area contributed by atoms with E-state index in [4.69, 9.17) is 14.2 Å². The molecule has 1 aromatic rings. The summed E-state index contributed by atoms with van der Waals surface area (Å²) < 4.78 is 17.1. The molecule has 1 fully saturated rings. The molecule has 1 N–H and O–H groups in total. The Bertz CT molecular complexity index is 482. The summed E-state index contributed by atoms with van der Waals surface area (Å²) in [5, 5.41) is 10.2. The van der Waals surface area contributed by atoms with Gasteiger partial charge in [0.25, 0.3) is 0 Å². The van der Waals surface area contributed by atoms with Gasteiger partial charge in [0.05, 0.1) is 25.9 Å². The van der Waals surface area contributed by atoms with Gasteiger partial charge in [-0.1, -0.05) is 38.1 Å². The van der Waals surface area contributed by atoms with Gasteiger partial charge < -0.3 is 19.3 Å². The first-order chi connectivity index (χ1) is 10.6. The molecule has 0 amide bonds. The average molecular weight is 306 g/mol. The van der Waals surface area contributed by atoms with Gasteiger partial charge in [-0.15, -0.1) is 0 Å². The van der Waals surface area contributed by atoms with Crippen LogP contribution in [0.5, 0.6) is 5.75 Å². The number of methoxy groups -OCH3 is 1. The maximum atomic E-state index is 10.2. The lowest BCUT2D eigenvalue weighted by Crippen LogP contribution is -2.42. The molecule has 2 rings (SSSR count). The zero-order valence-electron chi connectivity index (χ0n) is 13.7. The fraction of sp³-hybridized carbons (Fsp3) is 0.556. The first-order valence-electron chi connectivity index (χ1n) is 7.78. The van der Waals surface area contributed by atoms with Crippen LogP contribution in [0, 0.1) is 11.8 Å². The molecule has 1 aliphatic rings. The summed E-state index contributed by atoms with van der Waals surface area (Å²) in [5.41, 5.74) is 0.963. The highest BCUT2D eigenvalue weighted by Crippen LogP contribution is 2.34. The van der Waals surface area contributed by atoms with Crippen LogP contribution in [0.25, 0.3) is 0 Å². The Morgan fingerprint density at radius 1 is 1.32 bits per heavy atom. The highest BCUT2D eigenvalue weighted by Gasteiger charge is 2.35. The van der Waals surface area contributed by atoms with Gasteiger partial charge in [0.1, 0.15) is 5.75 Å². The molecule has 0 saturated carbocycles. The maximum Gasteiger partial charge on any atom is 0.184 e. The second kappa shape index (κ2) is 7.77. The van der Waals surface area contributed by atoms with Crippen molar-refractivity contribution in [3.05, 3.63) is 42.0 Å². The molecule has 1 aromatic carbocycles. The number of hydrogen-bond donors (Lipinski definition) is 1. The Morgan fingerprint density at radius 3 is 2.59 bits per heavy atom. The lowest BCUT2D eigenvalue weighted by molar-refractivity contribution is -0.254. The van der Waals surface area contributed by atoms with Crippen molar-refractivity contribution in [2.75, 3.05) is 13.7 Å². The maximum absolute atomic E-state index is 10.2. The minimum Gasteiger partial charge on any atom is -0.497 e. The summed E-state index contributed by atoms with van der Waals surface area (Å²) in [4.78, 5) is 0. The molecule has 4 heteroatoms. The topological polar surface area (TPSA) is 47.9 Å². The van der Waals surface area contributed by atoms with Crippen molar-refractivity contribution in [2.45, 2.75) is 39.3 Å². The molecule has 122 valence electrons. The van der Waals surface area contributed by atoms with Gasteiger partial charge in [0, 0.05) is 17.4 Å². The van der Waals surface area contributed by atoms with Crippen LogP contribution in [0.15, 0.2) is 36.4 Å². The third-order valence-electron chi connectivity index (χ3n) is 4.19. The molecule has 22 heavy (non-hydrogen) atoms. The highest BCUT2D eigenvalue weighted by molar-refractivity contribution is 5.28. The van der Waals surface area contributed by atoms with E-state index in [1.54, 1.807) is 13.2 Å². The SMILES string of the molecule is C/C=C/[C@@H](O)[C@H](C)[C@H]1OC(c2ccc(OC)cc2)OC[C@@H]1C. The van der Waals surface area contributed by atoms with E-state index in [-0.39, 0.29) is 17.9 Å². The van der Waals surface area contributed by atoms with Crippen molar-refractivity contribution >= 4 is 0 Å². The zero-order valence-corrected chi connectivity index (χ0v) is 13.7. The monoisotopic (exact) mass is 306 g/mol. The molecule has 0 bridgehead atoms. The normalized spacial score (nSPS) is 28.5. The summed E-state index contributed by atoms with van der Waals surface area (Å²) in [6, 6.07) is 7.69. The Balaban J connectivity index is 2.09. The van der Waals surface area contributed by atoms with Crippen LogP contribution in [0.3, 0.4) is 0 Å². The van der Waals surface area contributed by atoms with Crippen LogP contribution in [-0.4, -0.2) is 31.0 Å². The fourth-order valence-corrected chi connectivity index (χ4v) is 2.79. The van der Waals surface area contributed by atoms with Crippen molar-refractivity contribution in [1.29, 1.82) is 0 Å². The van der Waals surface area contributed by atoms with Gasteiger partial charge >= 0.3 is 0 Å². The van der Waals surface area contributed by atoms with Crippen LogP contribution in [-0.2, 0) is 9.47 Å². The quantitative estimate of drug-likeness (QED) is 0.848. The molecule has 0 radical (unpaired) electrons. The van der Waals surface area contributed by atoms with E-state index in [0.29, 0.717) is 6.61 Å². The summed E-state index contributed by atoms with van der Waals surface area (Å²) in [6.07, 6.45) is 2.72. The minimum atomic E-state index is -0.507. The predicted octanol–water partition coefficient (Wildman–Crippen LogP) is 3.32. The second-order valence-corrected chi connectivity index (χ2v) is 5.89. The van der Waals surface area contributed by atoms with E-state index in [1.807, 2.05) is 44.2 Å². The molecule has 0 aromatic heterocycles. The minimum absolute atomic E-state index is 0.0100. The molecule has 4 nitrogen and oxygen atoms in total. The van der Waals surface area contributed by atoms with Gasteiger partial charge in [-0.2, -0.15) is 0 Å². The van der Waals surface area contributed by atoms with Crippen LogP contribution in [0.2, 0.25) is 0 Å². The molecule has 1 aliphatic heterocycles. The molecule has 0 spiro atoms. The van der Waals surface area contributed by atoms with E-state index in [0.717, 1.165) is 11.3 Å². The number of rotatable bonds is 5. The average Bonchev–Trinajstić information content (AvgIpc) is 2.55. The van der Waals surface area contributed by atoms with Gasteiger partial charge in [-0.3, -0.25) is 0 Å². The smallest absolute Gasteiger partial charge is 0.184 e. The Labute approximate surface area is 132 Å². The second-order valence-electron chi connectivity index (χ2n) is 5.89. The number of aliphatic hydroxyl groups excluding tert-OH is 1. The lowest BCUT2D eigenvalue weighted by Gasteiger charge is -2.39. The summed E-state index contributed by atoms with van der Waals surface area (Å²) in [6.45, 7) is 6.63. The van der Waals surface area contributed by atoms with Crippen molar-refractivity contribution in [3.8, 4) is 5.75 Å². The zero-order chi connectivity index (χ0) is 16.1. The van der Waals surface area contributed by atoms with Crippen LogP contribution >= 0.6 is 0 Å². The molecule has 0 aliphatic carbocycles. The Morgan fingerprint density at radius 2 is 2.00 bits per heavy atom. The summed E-state index contributed by atoms with van der Waals surface area (Å²) in [5.74, 6) is 1.06. The van der Waals surface area contributed by atoms with Gasteiger partial charge in [0.15, 0.2) is 6.29 Å². The van der Waals surface area contributed by atoms with Crippen molar-refractivity contribution in [2.24, 2.45) is 11.8 Å². The number of aliphatic hydroxyl groups is 1. The molecule has 5 atom stereocenters. The Hall–Kier alpha value is -1.36. The van der Waals surface area contributed by atoms with E-state index in [1.165, 1.54) is 0 Å². The van der Waals surface area contributed by atoms with E-state index in [2.05, 4.69) is 6.92 Å². The largest absolute Gasteiger partial charge is 0.497 e. The molecular weight excluding hydrogens is 280 g/mol. The molecule has 1 unspecified atom stereocenters. The molecular formula is C18H26O4. The number of allylic oxidation sites excluding steroid dienone is 1. The van der Waals surface area contributed by atoms with Gasteiger partial charge in [0.2, 0.25) is 0 Å². The van der Waals surface area contributed by atoms with Crippen LogP contribution in [0.4, 0.5) is 0 Å². The first kappa shape index (κ1) is 17.0. The Kier molecular flexibility index (Phi) is 6.00. The van der Waals surface area contributed by atoms with E-state index >= 15 is 0 Å².